The van der Waals surface area contributed by atoms with Gasteiger partial charge in [-0.15, -0.1) is 0 Å². The van der Waals surface area contributed by atoms with Crippen molar-refractivity contribution in [3.63, 3.8) is 0 Å². The fourth-order valence-electron chi connectivity index (χ4n) is 1.26. The minimum atomic E-state index is -0.978. The minimum absolute atomic E-state index is 0.0264. The van der Waals surface area contributed by atoms with Gasteiger partial charge in [0, 0.05) is 5.69 Å². The van der Waals surface area contributed by atoms with Crippen LogP contribution in [-0.4, -0.2) is 29.6 Å². The smallest absolute Gasteiger partial charge is 0.320 e. The molecule has 0 saturated carbocycles. The normalized spacial score (nSPS) is 11.9. The first-order chi connectivity index (χ1) is 7.99. The predicted octanol–water partition coefficient (Wildman–Crippen LogP) is 0.996. The van der Waals surface area contributed by atoms with Crippen molar-refractivity contribution < 1.29 is 14.7 Å². The van der Waals surface area contributed by atoms with Gasteiger partial charge in [-0.25, -0.2) is 0 Å². The van der Waals surface area contributed by atoms with Crippen LogP contribution in [0, 0.1) is 6.92 Å². The van der Waals surface area contributed by atoms with Crippen LogP contribution in [-0.2, 0) is 9.59 Å². The molecule has 0 spiro atoms. The van der Waals surface area contributed by atoms with Gasteiger partial charge in [0.25, 0.3) is 0 Å². The molecule has 0 aromatic heterocycles. The van der Waals surface area contributed by atoms with Gasteiger partial charge in [0.1, 0.15) is 6.04 Å². The van der Waals surface area contributed by atoms with E-state index in [-0.39, 0.29) is 12.5 Å². The molecule has 0 bridgehead atoms. The third-order valence-corrected chi connectivity index (χ3v) is 2.24. The molecule has 0 heterocycles. The van der Waals surface area contributed by atoms with Crippen molar-refractivity contribution in [2.24, 2.45) is 0 Å². The molecular weight excluding hydrogens is 220 g/mol. The lowest BCUT2D eigenvalue weighted by molar-refractivity contribution is -0.139. The second kappa shape index (κ2) is 6.00. The molecule has 92 valence electrons. The first-order valence-corrected chi connectivity index (χ1v) is 5.32. The zero-order chi connectivity index (χ0) is 12.8. The number of benzene rings is 1. The Morgan fingerprint density at radius 2 is 2.12 bits per heavy atom. The summed E-state index contributed by atoms with van der Waals surface area (Å²) >= 11 is 0. The average molecular weight is 236 g/mol. The van der Waals surface area contributed by atoms with E-state index >= 15 is 0 Å². The molecule has 0 radical (unpaired) electrons. The standard InChI is InChI=1S/C12H16N2O3/c1-8-4-3-5-10(6-8)14-11(15)7-13-9(2)12(16)17/h3-6,9,13H,7H2,1-2H3,(H,14,15)(H,16,17)/t9-/m1/s1. The molecule has 17 heavy (non-hydrogen) atoms. The molecule has 1 rings (SSSR count). The molecule has 1 aromatic carbocycles. The quantitative estimate of drug-likeness (QED) is 0.712. The summed E-state index contributed by atoms with van der Waals surface area (Å²) in [7, 11) is 0. The first-order valence-electron chi connectivity index (χ1n) is 5.32. The van der Waals surface area contributed by atoms with Crippen molar-refractivity contribution in [3.8, 4) is 0 Å². The summed E-state index contributed by atoms with van der Waals surface area (Å²) in [4.78, 5) is 22.0. The maximum atomic E-state index is 11.5. The summed E-state index contributed by atoms with van der Waals surface area (Å²) in [6, 6.07) is 6.67. The van der Waals surface area contributed by atoms with Gasteiger partial charge in [0.2, 0.25) is 5.91 Å². The highest BCUT2D eigenvalue weighted by atomic mass is 16.4. The van der Waals surface area contributed by atoms with Crippen LogP contribution in [0.4, 0.5) is 5.69 Å². The Morgan fingerprint density at radius 1 is 1.41 bits per heavy atom. The largest absolute Gasteiger partial charge is 0.480 e. The van der Waals surface area contributed by atoms with E-state index < -0.39 is 12.0 Å². The molecule has 0 aliphatic carbocycles. The molecule has 0 aliphatic rings. The monoisotopic (exact) mass is 236 g/mol. The van der Waals surface area contributed by atoms with Gasteiger partial charge in [-0.1, -0.05) is 12.1 Å². The van der Waals surface area contributed by atoms with Crippen LogP contribution >= 0.6 is 0 Å². The predicted molar refractivity (Wildman–Crippen MR) is 64.9 cm³/mol. The molecule has 0 saturated heterocycles. The third kappa shape index (κ3) is 4.65. The molecule has 0 unspecified atom stereocenters. The van der Waals surface area contributed by atoms with Crippen LogP contribution < -0.4 is 10.6 Å². The lowest BCUT2D eigenvalue weighted by Gasteiger charge is -2.09. The number of amides is 1. The van der Waals surface area contributed by atoms with Gasteiger partial charge in [0.15, 0.2) is 0 Å². The maximum Gasteiger partial charge on any atom is 0.320 e. The number of hydrogen-bond donors (Lipinski definition) is 3. The molecule has 1 aromatic rings. The highest BCUT2D eigenvalue weighted by Gasteiger charge is 2.11. The lowest BCUT2D eigenvalue weighted by Crippen LogP contribution is -2.39. The topological polar surface area (TPSA) is 78.4 Å². The Balaban J connectivity index is 2.42. The van der Waals surface area contributed by atoms with E-state index in [4.69, 9.17) is 5.11 Å². The summed E-state index contributed by atoms with van der Waals surface area (Å²) in [5.41, 5.74) is 1.76. The van der Waals surface area contributed by atoms with Crippen molar-refractivity contribution in [2.45, 2.75) is 19.9 Å². The van der Waals surface area contributed by atoms with Crippen molar-refractivity contribution in [2.75, 3.05) is 11.9 Å². The molecular formula is C12H16N2O3. The lowest BCUT2D eigenvalue weighted by atomic mass is 10.2. The first kappa shape index (κ1) is 13.2. The zero-order valence-corrected chi connectivity index (χ0v) is 9.86. The Morgan fingerprint density at radius 3 is 2.71 bits per heavy atom. The van der Waals surface area contributed by atoms with Crippen LogP contribution in [0.15, 0.2) is 24.3 Å². The molecule has 3 N–H and O–H groups in total. The van der Waals surface area contributed by atoms with E-state index in [1.165, 1.54) is 6.92 Å². The Hall–Kier alpha value is -1.88. The van der Waals surface area contributed by atoms with Crippen LogP contribution in [0.5, 0.6) is 0 Å². The van der Waals surface area contributed by atoms with Gasteiger partial charge in [-0.05, 0) is 31.5 Å². The zero-order valence-electron chi connectivity index (χ0n) is 9.86. The SMILES string of the molecule is Cc1cccc(NC(=O)CN[C@H](C)C(=O)O)c1. The van der Waals surface area contributed by atoms with Crippen LogP contribution in [0.1, 0.15) is 12.5 Å². The molecule has 1 atom stereocenters. The Bertz CT molecular complexity index is 418. The number of carboxylic acid groups (broad SMARTS) is 1. The maximum absolute atomic E-state index is 11.5. The highest BCUT2D eigenvalue weighted by molar-refractivity contribution is 5.92. The Kier molecular flexibility index (Phi) is 4.66. The summed E-state index contributed by atoms with van der Waals surface area (Å²) in [6.07, 6.45) is 0. The molecule has 5 heteroatoms. The minimum Gasteiger partial charge on any atom is -0.480 e. The summed E-state index contributed by atoms with van der Waals surface area (Å²) in [5.74, 6) is -1.24. The second-order valence-corrected chi connectivity index (χ2v) is 3.86. The fraction of sp³-hybridized carbons (Fsp3) is 0.333. The molecule has 1 amide bonds. The van der Waals surface area contributed by atoms with E-state index in [2.05, 4.69) is 10.6 Å². The molecule has 0 aliphatic heterocycles. The van der Waals surface area contributed by atoms with Crippen LogP contribution in [0.2, 0.25) is 0 Å². The molecule has 5 nitrogen and oxygen atoms in total. The third-order valence-electron chi connectivity index (χ3n) is 2.24. The average Bonchev–Trinajstić information content (AvgIpc) is 2.25. The number of hydrogen-bond acceptors (Lipinski definition) is 3. The number of nitrogens with one attached hydrogen (secondary N) is 2. The number of rotatable bonds is 5. The number of carbonyl (C=O) groups excluding carboxylic acids is 1. The van der Waals surface area contributed by atoms with Crippen molar-refractivity contribution in [1.29, 1.82) is 0 Å². The van der Waals surface area contributed by atoms with E-state index in [0.717, 1.165) is 5.56 Å². The number of carbonyl (C=O) groups is 2. The summed E-state index contributed by atoms with van der Waals surface area (Å²) < 4.78 is 0. The van der Waals surface area contributed by atoms with Gasteiger partial charge in [-0.3, -0.25) is 14.9 Å². The van der Waals surface area contributed by atoms with Gasteiger partial charge in [0.05, 0.1) is 6.54 Å². The van der Waals surface area contributed by atoms with Gasteiger partial charge in [-0.2, -0.15) is 0 Å². The number of aryl methyl sites for hydroxylation is 1. The highest BCUT2D eigenvalue weighted by Crippen LogP contribution is 2.08. The summed E-state index contributed by atoms with van der Waals surface area (Å²) in [5, 5.41) is 13.9. The Labute approximate surface area is 99.8 Å². The number of anilines is 1. The van der Waals surface area contributed by atoms with Gasteiger partial charge < -0.3 is 10.4 Å². The molecule has 0 fully saturated rings. The number of carboxylic acids is 1. The fourth-order valence-corrected chi connectivity index (χ4v) is 1.26. The second-order valence-electron chi connectivity index (χ2n) is 3.86. The number of aliphatic carboxylic acids is 1. The van der Waals surface area contributed by atoms with Crippen molar-refractivity contribution in [3.05, 3.63) is 29.8 Å². The van der Waals surface area contributed by atoms with Crippen LogP contribution in [0.25, 0.3) is 0 Å². The van der Waals surface area contributed by atoms with E-state index in [0.29, 0.717) is 5.69 Å². The van der Waals surface area contributed by atoms with E-state index in [1.54, 1.807) is 6.07 Å². The van der Waals surface area contributed by atoms with E-state index in [9.17, 15) is 9.59 Å². The van der Waals surface area contributed by atoms with Crippen molar-refractivity contribution in [1.82, 2.24) is 5.32 Å². The van der Waals surface area contributed by atoms with Crippen molar-refractivity contribution >= 4 is 17.6 Å². The van der Waals surface area contributed by atoms with Gasteiger partial charge >= 0.3 is 5.97 Å². The van der Waals surface area contributed by atoms with E-state index in [1.807, 2.05) is 25.1 Å². The summed E-state index contributed by atoms with van der Waals surface area (Å²) in [6.45, 7) is 3.39. The van der Waals surface area contributed by atoms with Crippen LogP contribution in [0.3, 0.4) is 0 Å².